The van der Waals surface area contributed by atoms with Gasteiger partial charge in [0.1, 0.15) is 6.04 Å². The van der Waals surface area contributed by atoms with E-state index in [4.69, 9.17) is 5.73 Å². The molecule has 5 nitrogen and oxygen atoms in total. The second-order valence-electron chi connectivity index (χ2n) is 5.18. The highest BCUT2D eigenvalue weighted by Gasteiger charge is 2.22. The molecule has 0 radical (unpaired) electrons. The number of benzene rings is 1. The van der Waals surface area contributed by atoms with Gasteiger partial charge in [-0.1, -0.05) is 19.9 Å². The lowest BCUT2D eigenvalue weighted by molar-refractivity contribution is -0.120. The van der Waals surface area contributed by atoms with Crippen molar-refractivity contribution in [1.29, 1.82) is 0 Å². The van der Waals surface area contributed by atoms with Gasteiger partial charge in [-0.3, -0.25) is 9.59 Å². The third-order valence-electron chi connectivity index (χ3n) is 3.36. The molecule has 1 heterocycles. The molecular formula is C14H20ClN3O2. The van der Waals surface area contributed by atoms with Gasteiger partial charge in [-0.05, 0) is 29.2 Å². The van der Waals surface area contributed by atoms with E-state index >= 15 is 0 Å². The zero-order valence-corrected chi connectivity index (χ0v) is 12.4. The average Bonchev–Trinajstić information content (AvgIpc) is 2.81. The Kier molecular flexibility index (Phi) is 5.53. The topological polar surface area (TPSA) is 84.2 Å². The van der Waals surface area contributed by atoms with E-state index in [1.807, 2.05) is 26.0 Å². The van der Waals surface area contributed by atoms with Crippen LogP contribution in [0, 0.1) is 5.92 Å². The van der Waals surface area contributed by atoms with Crippen molar-refractivity contribution in [2.24, 2.45) is 11.7 Å². The van der Waals surface area contributed by atoms with Crippen LogP contribution >= 0.6 is 12.4 Å². The maximum absolute atomic E-state index is 12.1. The molecule has 2 rings (SSSR count). The van der Waals surface area contributed by atoms with E-state index in [1.165, 1.54) is 5.56 Å². The first-order chi connectivity index (χ1) is 8.99. The number of nitrogens with one attached hydrogen (secondary N) is 2. The van der Waals surface area contributed by atoms with Crippen molar-refractivity contribution in [3.05, 3.63) is 34.9 Å². The van der Waals surface area contributed by atoms with Crippen LogP contribution in [-0.2, 0) is 17.9 Å². The number of hydrogen-bond acceptors (Lipinski definition) is 3. The Morgan fingerprint density at radius 1 is 1.25 bits per heavy atom. The van der Waals surface area contributed by atoms with Crippen molar-refractivity contribution >= 4 is 24.2 Å². The SMILES string of the molecule is CC(C)C(NC(=O)c1ccc2c(c1)CNC2)C(N)=O.Cl. The standard InChI is InChI=1S/C14H19N3O2.ClH/c1-8(2)12(13(15)18)17-14(19)9-3-4-10-6-16-7-11(10)5-9;/h3-5,8,12,16H,6-7H2,1-2H3,(H2,15,18)(H,17,19);1H. The van der Waals surface area contributed by atoms with Gasteiger partial charge in [0.25, 0.3) is 5.91 Å². The van der Waals surface area contributed by atoms with Crippen molar-refractivity contribution in [3.8, 4) is 0 Å². The lowest BCUT2D eigenvalue weighted by Gasteiger charge is -2.19. The fraction of sp³-hybridized carbons (Fsp3) is 0.429. The molecule has 6 heteroatoms. The molecule has 110 valence electrons. The summed E-state index contributed by atoms with van der Waals surface area (Å²) in [6.07, 6.45) is 0. The van der Waals surface area contributed by atoms with Gasteiger partial charge in [0, 0.05) is 18.7 Å². The summed E-state index contributed by atoms with van der Waals surface area (Å²) in [6, 6.07) is 4.94. The molecule has 2 amide bonds. The van der Waals surface area contributed by atoms with Crippen molar-refractivity contribution < 1.29 is 9.59 Å². The van der Waals surface area contributed by atoms with E-state index in [9.17, 15) is 9.59 Å². The first-order valence-corrected chi connectivity index (χ1v) is 6.41. The Hall–Kier alpha value is -1.59. The van der Waals surface area contributed by atoms with Crippen molar-refractivity contribution in [2.75, 3.05) is 0 Å². The molecule has 0 saturated heterocycles. The molecular weight excluding hydrogens is 278 g/mol. The summed E-state index contributed by atoms with van der Waals surface area (Å²) < 4.78 is 0. The van der Waals surface area contributed by atoms with Gasteiger partial charge in [-0.15, -0.1) is 12.4 Å². The Morgan fingerprint density at radius 2 is 1.90 bits per heavy atom. The minimum Gasteiger partial charge on any atom is -0.368 e. The first-order valence-electron chi connectivity index (χ1n) is 6.41. The lowest BCUT2D eigenvalue weighted by Crippen LogP contribution is -2.47. The number of carbonyl (C=O) groups excluding carboxylic acids is 2. The van der Waals surface area contributed by atoms with Crippen LogP contribution in [0.4, 0.5) is 0 Å². The molecule has 1 aromatic carbocycles. The molecule has 4 N–H and O–H groups in total. The summed E-state index contributed by atoms with van der Waals surface area (Å²) in [5.41, 5.74) is 8.20. The van der Waals surface area contributed by atoms with Crippen molar-refractivity contribution in [1.82, 2.24) is 10.6 Å². The van der Waals surface area contributed by atoms with E-state index in [-0.39, 0.29) is 24.2 Å². The third-order valence-corrected chi connectivity index (χ3v) is 3.36. The molecule has 0 spiro atoms. The van der Waals surface area contributed by atoms with Gasteiger partial charge in [0.15, 0.2) is 0 Å². The average molecular weight is 298 g/mol. The van der Waals surface area contributed by atoms with Gasteiger partial charge in [0.05, 0.1) is 0 Å². The molecule has 1 aliphatic heterocycles. The molecule has 1 atom stereocenters. The molecule has 0 saturated carbocycles. The van der Waals surface area contributed by atoms with Gasteiger partial charge < -0.3 is 16.4 Å². The number of carbonyl (C=O) groups is 2. The molecule has 0 aliphatic carbocycles. The molecule has 1 unspecified atom stereocenters. The minimum absolute atomic E-state index is 0. The Morgan fingerprint density at radius 3 is 2.50 bits per heavy atom. The van der Waals surface area contributed by atoms with E-state index < -0.39 is 11.9 Å². The summed E-state index contributed by atoms with van der Waals surface area (Å²) >= 11 is 0. The fourth-order valence-electron chi connectivity index (χ4n) is 2.23. The van der Waals surface area contributed by atoms with E-state index in [0.717, 1.165) is 18.7 Å². The number of amides is 2. The largest absolute Gasteiger partial charge is 0.368 e. The Bertz CT molecular complexity index is 517. The summed E-state index contributed by atoms with van der Waals surface area (Å²) in [4.78, 5) is 23.4. The zero-order chi connectivity index (χ0) is 14.0. The van der Waals surface area contributed by atoms with Crippen molar-refractivity contribution in [3.63, 3.8) is 0 Å². The maximum Gasteiger partial charge on any atom is 0.251 e. The van der Waals surface area contributed by atoms with Crippen LogP contribution in [0.2, 0.25) is 0 Å². The van der Waals surface area contributed by atoms with Gasteiger partial charge in [-0.25, -0.2) is 0 Å². The van der Waals surface area contributed by atoms with Crippen LogP contribution in [0.15, 0.2) is 18.2 Å². The first kappa shape index (κ1) is 16.5. The van der Waals surface area contributed by atoms with Crippen LogP contribution in [0.1, 0.15) is 35.3 Å². The number of nitrogens with two attached hydrogens (primary N) is 1. The van der Waals surface area contributed by atoms with E-state index in [1.54, 1.807) is 6.07 Å². The summed E-state index contributed by atoms with van der Waals surface area (Å²) in [7, 11) is 0. The molecule has 0 aromatic heterocycles. The van der Waals surface area contributed by atoms with E-state index in [2.05, 4.69) is 10.6 Å². The Balaban J connectivity index is 0.00000200. The fourth-order valence-corrected chi connectivity index (χ4v) is 2.23. The second-order valence-corrected chi connectivity index (χ2v) is 5.18. The second kappa shape index (κ2) is 6.72. The summed E-state index contributed by atoms with van der Waals surface area (Å²) in [5, 5.41) is 5.91. The highest BCUT2D eigenvalue weighted by Crippen LogP contribution is 2.17. The number of halogens is 1. The molecule has 20 heavy (non-hydrogen) atoms. The van der Waals surface area contributed by atoms with Crippen LogP contribution in [-0.4, -0.2) is 17.9 Å². The predicted octanol–water partition coefficient (Wildman–Crippen LogP) is 0.951. The van der Waals surface area contributed by atoms with Gasteiger partial charge in [-0.2, -0.15) is 0 Å². The third kappa shape index (κ3) is 3.49. The number of fused-ring (bicyclic) bond motifs is 1. The number of primary amides is 1. The molecule has 0 fully saturated rings. The molecule has 1 aliphatic rings. The predicted molar refractivity (Wildman–Crippen MR) is 79.5 cm³/mol. The monoisotopic (exact) mass is 297 g/mol. The van der Waals surface area contributed by atoms with Crippen molar-refractivity contribution in [2.45, 2.75) is 33.0 Å². The van der Waals surface area contributed by atoms with Crippen LogP contribution in [0.25, 0.3) is 0 Å². The maximum atomic E-state index is 12.1. The highest BCUT2D eigenvalue weighted by atomic mass is 35.5. The quantitative estimate of drug-likeness (QED) is 0.774. The lowest BCUT2D eigenvalue weighted by atomic mass is 10.0. The van der Waals surface area contributed by atoms with Crippen LogP contribution in [0.5, 0.6) is 0 Å². The molecule has 1 aromatic rings. The highest BCUT2D eigenvalue weighted by molar-refractivity contribution is 5.97. The van der Waals surface area contributed by atoms with Gasteiger partial charge >= 0.3 is 0 Å². The van der Waals surface area contributed by atoms with Crippen LogP contribution < -0.4 is 16.4 Å². The Labute approximate surface area is 124 Å². The zero-order valence-electron chi connectivity index (χ0n) is 11.6. The summed E-state index contributed by atoms with van der Waals surface area (Å²) in [6.45, 7) is 5.32. The summed E-state index contributed by atoms with van der Waals surface area (Å²) in [5.74, 6) is -0.795. The molecule has 0 bridgehead atoms. The van der Waals surface area contributed by atoms with Crippen LogP contribution in [0.3, 0.4) is 0 Å². The minimum atomic E-state index is -0.640. The number of hydrogen-bond donors (Lipinski definition) is 3. The van der Waals surface area contributed by atoms with Gasteiger partial charge in [0.2, 0.25) is 5.91 Å². The normalized spacial score (nSPS) is 14.3. The van der Waals surface area contributed by atoms with E-state index in [0.29, 0.717) is 5.56 Å². The smallest absolute Gasteiger partial charge is 0.251 e. The number of rotatable bonds is 4.